The van der Waals surface area contributed by atoms with Gasteiger partial charge in [0.25, 0.3) is 0 Å². The maximum atomic E-state index is 6.04. The molecule has 1 aliphatic heterocycles. The van der Waals surface area contributed by atoms with Crippen LogP contribution in [0.1, 0.15) is 18.9 Å². The Hall–Kier alpha value is -3.13. The van der Waals surface area contributed by atoms with Crippen molar-refractivity contribution in [2.24, 2.45) is 0 Å². The van der Waals surface area contributed by atoms with E-state index >= 15 is 0 Å². The van der Waals surface area contributed by atoms with E-state index in [1.165, 1.54) is 11.3 Å². The van der Waals surface area contributed by atoms with Crippen molar-refractivity contribution in [2.45, 2.75) is 13.0 Å². The third-order valence-corrected chi connectivity index (χ3v) is 5.17. The van der Waals surface area contributed by atoms with Crippen molar-refractivity contribution in [1.29, 1.82) is 0 Å². The molecule has 0 saturated heterocycles. The summed E-state index contributed by atoms with van der Waals surface area (Å²) in [5.41, 5.74) is 1.01. The second kappa shape index (κ2) is 6.55. The molecular weight excluding hydrogens is 364 g/mol. The minimum absolute atomic E-state index is 0.356. The van der Waals surface area contributed by atoms with Gasteiger partial charge in [0.1, 0.15) is 17.4 Å². The summed E-state index contributed by atoms with van der Waals surface area (Å²) in [6, 6.07) is 15.5. The first-order valence-corrected chi connectivity index (χ1v) is 9.47. The maximum absolute atomic E-state index is 6.04. The van der Waals surface area contributed by atoms with E-state index in [-0.39, 0.29) is 6.10 Å². The van der Waals surface area contributed by atoms with Gasteiger partial charge in [-0.3, -0.25) is 0 Å². The smallest absolute Gasteiger partial charge is 0.235 e. The fraction of sp³-hybridized carbons (Fsp3) is 0.211. The standard InChI is InChI=1S/C19H16N4O3S/c1-2-24-13-9-7-12(8-10-13)18-22-23-17(20-21-19(23)27-18)16-11-25-14-5-3-4-6-15(14)26-16/h3-10,16H,2,11H2,1H3. The van der Waals surface area contributed by atoms with Crippen molar-refractivity contribution < 1.29 is 14.2 Å². The van der Waals surface area contributed by atoms with E-state index in [0.29, 0.717) is 24.8 Å². The molecule has 2 aromatic carbocycles. The molecule has 7 nitrogen and oxygen atoms in total. The molecule has 0 N–H and O–H groups in total. The SMILES string of the molecule is CCOc1ccc(-c2nn3c(C4COc5ccccc5O4)nnc3s2)cc1. The summed E-state index contributed by atoms with van der Waals surface area (Å²) >= 11 is 1.48. The van der Waals surface area contributed by atoms with Crippen molar-refractivity contribution in [2.75, 3.05) is 13.2 Å². The van der Waals surface area contributed by atoms with Gasteiger partial charge in [0, 0.05) is 5.56 Å². The number of hydrogen-bond acceptors (Lipinski definition) is 7. The Balaban J connectivity index is 1.45. The van der Waals surface area contributed by atoms with Crippen LogP contribution in [0.5, 0.6) is 17.2 Å². The zero-order valence-electron chi connectivity index (χ0n) is 14.5. The van der Waals surface area contributed by atoms with Crippen molar-refractivity contribution >= 4 is 16.3 Å². The number of aromatic nitrogens is 4. The molecule has 1 atom stereocenters. The third-order valence-electron chi connectivity index (χ3n) is 4.22. The number of para-hydroxylation sites is 2. The molecule has 0 aliphatic carbocycles. The Kier molecular flexibility index (Phi) is 3.90. The summed E-state index contributed by atoms with van der Waals surface area (Å²) in [6.45, 7) is 2.98. The Labute approximate surface area is 159 Å². The van der Waals surface area contributed by atoms with Crippen molar-refractivity contribution in [3.63, 3.8) is 0 Å². The van der Waals surface area contributed by atoms with Gasteiger partial charge in [0.15, 0.2) is 23.4 Å². The van der Waals surface area contributed by atoms with Crippen LogP contribution in [-0.2, 0) is 0 Å². The fourth-order valence-electron chi connectivity index (χ4n) is 2.96. The van der Waals surface area contributed by atoms with E-state index < -0.39 is 0 Å². The minimum atomic E-state index is -0.356. The molecule has 27 heavy (non-hydrogen) atoms. The minimum Gasteiger partial charge on any atom is -0.494 e. The van der Waals surface area contributed by atoms with Gasteiger partial charge in [-0.25, -0.2) is 0 Å². The fourth-order valence-corrected chi connectivity index (χ4v) is 3.81. The largest absolute Gasteiger partial charge is 0.494 e. The summed E-state index contributed by atoms with van der Waals surface area (Å²) in [7, 11) is 0. The van der Waals surface area contributed by atoms with E-state index in [9.17, 15) is 0 Å². The summed E-state index contributed by atoms with van der Waals surface area (Å²) in [5, 5.41) is 14.1. The highest BCUT2D eigenvalue weighted by atomic mass is 32.1. The highest BCUT2D eigenvalue weighted by molar-refractivity contribution is 7.19. The zero-order chi connectivity index (χ0) is 18.2. The van der Waals surface area contributed by atoms with Gasteiger partial charge in [0.2, 0.25) is 4.96 Å². The average Bonchev–Trinajstić information content (AvgIpc) is 3.29. The summed E-state index contributed by atoms with van der Waals surface area (Å²) in [5.74, 6) is 2.92. The predicted molar refractivity (Wildman–Crippen MR) is 101 cm³/mol. The van der Waals surface area contributed by atoms with Crippen LogP contribution in [0.2, 0.25) is 0 Å². The molecule has 3 heterocycles. The average molecular weight is 380 g/mol. The highest BCUT2D eigenvalue weighted by Gasteiger charge is 2.28. The Morgan fingerprint density at radius 3 is 2.74 bits per heavy atom. The first-order chi connectivity index (χ1) is 13.3. The molecule has 0 bridgehead atoms. The first kappa shape index (κ1) is 16.1. The van der Waals surface area contributed by atoms with Crippen LogP contribution in [-0.4, -0.2) is 33.0 Å². The molecule has 2 aromatic heterocycles. The van der Waals surface area contributed by atoms with Gasteiger partial charge >= 0.3 is 0 Å². The van der Waals surface area contributed by atoms with Crippen LogP contribution < -0.4 is 14.2 Å². The van der Waals surface area contributed by atoms with Gasteiger partial charge < -0.3 is 14.2 Å². The Morgan fingerprint density at radius 1 is 1.11 bits per heavy atom. The number of nitrogens with zero attached hydrogens (tertiary/aromatic N) is 4. The lowest BCUT2D eigenvalue weighted by molar-refractivity contribution is 0.0836. The molecule has 0 fully saturated rings. The molecule has 5 rings (SSSR count). The van der Waals surface area contributed by atoms with Crippen molar-refractivity contribution in [3.05, 3.63) is 54.4 Å². The second-order valence-corrected chi connectivity index (χ2v) is 6.94. The monoisotopic (exact) mass is 380 g/mol. The number of rotatable bonds is 4. The summed E-state index contributed by atoms with van der Waals surface area (Å²) < 4.78 is 19.1. The summed E-state index contributed by atoms with van der Waals surface area (Å²) in [6.07, 6.45) is -0.356. The summed E-state index contributed by atoms with van der Waals surface area (Å²) in [4.78, 5) is 0.719. The molecule has 136 valence electrons. The lowest BCUT2D eigenvalue weighted by Crippen LogP contribution is -2.23. The van der Waals surface area contributed by atoms with Crippen LogP contribution in [0, 0.1) is 0 Å². The van der Waals surface area contributed by atoms with E-state index in [4.69, 9.17) is 14.2 Å². The second-order valence-electron chi connectivity index (χ2n) is 5.98. The van der Waals surface area contributed by atoms with E-state index in [0.717, 1.165) is 27.0 Å². The molecule has 8 heteroatoms. The van der Waals surface area contributed by atoms with Crippen LogP contribution in [0.4, 0.5) is 0 Å². The lowest BCUT2D eigenvalue weighted by atomic mass is 10.2. The quantitative estimate of drug-likeness (QED) is 0.537. The first-order valence-electron chi connectivity index (χ1n) is 8.65. The molecular formula is C19H16N4O3S. The van der Waals surface area contributed by atoms with E-state index in [1.807, 2.05) is 55.5 Å². The van der Waals surface area contributed by atoms with Crippen molar-refractivity contribution in [1.82, 2.24) is 19.8 Å². The number of ether oxygens (including phenoxy) is 3. The van der Waals surface area contributed by atoms with Crippen LogP contribution >= 0.6 is 11.3 Å². The number of hydrogen-bond donors (Lipinski definition) is 0. The molecule has 0 radical (unpaired) electrons. The van der Waals surface area contributed by atoms with Gasteiger partial charge in [-0.05, 0) is 43.3 Å². The van der Waals surface area contributed by atoms with E-state index in [2.05, 4.69) is 15.3 Å². The predicted octanol–water partition coefficient (Wildman–Crippen LogP) is 3.76. The maximum Gasteiger partial charge on any atom is 0.235 e. The molecule has 1 aliphatic rings. The van der Waals surface area contributed by atoms with E-state index in [1.54, 1.807) is 4.52 Å². The molecule has 0 saturated carbocycles. The topological polar surface area (TPSA) is 70.8 Å². The van der Waals surface area contributed by atoms with Crippen LogP contribution in [0.3, 0.4) is 0 Å². The van der Waals surface area contributed by atoms with Gasteiger partial charge in [-0.2, -0.15) is 9.61 Å². The number of fused-ring (bicyclic) bond motifs is 2. The van der Waals surface area contributed by atoms with Crippen LogP contribution in [0.15, 0.2) is 48.5 Å². The van der Waals surface area contributed by atoms with Crippen molar-refractivity contribution in [3.8, 4) is 27.8 Å². The Morgan fingerprint density at radius 2 is 1.93 bits per heavy atom. The molecule has 4 aromatic rings. The molecule has 1 unspecified atom stereocenters. The highest BCUT2D eigenvalue weighted by Crippen LogP contribution is 2.36. The van der Waals surface area contributed by atoms with Gasteiger partial charge in [0.05, 0.1) is 6.61 Å². The Bertz CT molecular complexity index is 1090. The number of benzene rings is 2. The normalized spacial score (nSPS) is 15.8. The molecule has 0 spiro atoms. The molecule has 0 amide bonds. The van der Waals surface area contributed by atoms with Gasteiger partial charge in [-0.15, -0.1) is 10.2 Å². The van der Waals surface area contributed by atoms with Gasteiger partial charge in [-0.1, -0.05) is 23.5 Å². The van der Waals surface area contributed by atoms with Crippen LogP contribution in [0.25, 0.3) is 15.5 Å². The third kappa shape index (κ3) is 2.87. The zero-order valence-corrected chi connectivity index (χ0v) is 15.3. The lowest BCUT2D eigenvalue weighted by Gasteiger charge is -2.24.